The summed E-state index contributed by atoms with van der Waals surface area (Å²) in [6.45, 7) is 0.109. The lowest BCUT2D eigenvalue weighted by Gasteiger charge is -2.49. The van der Waals surface area contributed by atoms with Crippen LogP contribution < -0.4 is 11.1 Å². The Hall–Kier alpha value is -2.68. The van der Waals surface area contributed by atoms with Gasteiger partial charge in [0.25, 0.3) is 11.8 Å². The number of β-lactam (4-membered cyclic amide) rings is 1. The van der Waals surface area contributed by atoms with Gasteiger partial charge >= 0.3 is 5.97 Å². The fourth-order valence-electron chi connectivity index (χ4n) is 2.87. The normalized spacial score (nSPS) is 21.1. The van der Waals surface area contributed by atoms with Crippen LogP contribution >= 0.6 is 23.1 Å². The Morgan fingerprint density at radius 2 is 2.21 bits per heavy atom. The van der Waals surface area contributed by atoms with Crippen molar-refractivity contribution in [1.82, 2.24) is 15.2 Å². The van der Waals surface area contributed by atoms with Crippen molar-refractivity contribution < 1.29 is 34.5 Å². The van der Waals surface area contributed by atoms with Gasteiger partial charge in [0.05, 0.1) is 6.61 Å². The number of oxime groups is 1. The molecule has 2 amide bonds. The van der Waals surface area contributed by atoms with Crippen LogP contribution in [0.25, 0.3) is 0 Å². The summed E-state index contributed by atoms with van der Waals surface area (Å²) < 4.78 is 5.02. The number of nitrogens with one attached hydrogen (secondary N) is 1. The van der Waals surface area contributed by atoms with Gasteiger partial charge in [-0.05, 0) is 5.57 Å². The van der Waals surface area contributed by atoms with Crippen molar-refractivity contribution in [2.75, 3.05) is 32.3 Å². The molecule has 3 heterocycles. The lowest BCUT2D eigenvalue weighted by molar-refractivity contribution is -0.150. The highest BCUT2D eigenvalue weighted by molar-refractivity contribution is 8.00. The number of nitrogens with two attached hydrogens (primary N) is 1. The number of carbonyl (C=O) groups is 3. The van der Waals surface area contributed by atoms with Gasteiger partial charge in [-0.3, -0.25) is 14.5 Å². The summed E-state index contributed by atoms with van der Waals surface area (Å²) in [7, 11) is 2.73. The number of thioether (sulfide) groups is 1. The van der Waals surface area contributed by atoms with Crippen molar-refractivity contribution in [1.29, 1.82) is 0 Å². The number of carboxylic acids is 1. The first-order chi connectivity index (χ1) is 13.4. The predicted molar refractivity (Wildman–Crippen MR) is 105 cm³/mol. The number of anilines is 1. The highest BCUT2D eigenvalue weighted by atomic mass is 32.2. The molecule has 0 saturated carbocycles. The third-order valence-electron chi connectivity index (χ3n) is 4.02. The van der Waals surface area contributed by atoms with Gasteiger partial charge in [0.2, 0.25) is 0 Å². The summed E-state index contributed by atoms with van der Waals surface area (Å²) in [6.07, 6.45) is 0. The topological polar surface area (TPSA) is 188 Å². The molecule has 0 unspecified atom stereocenters. The Balaban J connectivity index is 0.00000300. The molecule has 1 aromatic rings. The van der Waals surface area contributed by atoms with Crippen LogP contribution in [0.4, 0.5) is 5.13 Å². The van der Waals surface area contributed by atoms with Gasteiger partial charge in [-0.25, -0.2) is 9.78 Å². The maximum Gasteiger partial charge on any atom is 0.352 e. The van der Waals surface area contributed by atoms with Gasteiger partial charge in [0.15, 0.2) is 10.8 Å². The van der Waals surface area contributed by atoms with Gasteiger partial charge in [-0.2, -0.15) is 0 Å². The van der Waals surface area contributed by atoms with E-state index in [0.29, 0.717) is 11.3 Å². The monoisotopic (exact) mass is 445 g/mol. The van der Waals surface area contributed by atoms with Crippen molar-refractivity contribution in [2.24, 2.45) is 5.16 Å². The Bertz CT molecular complexity index is 884. The fraction of sp³-hybridized carbons (Fsp3) is 0.400. The minimum absolute atomic E-state index is 0. The van der Waals surface area contributed by atoms with Crippen molar-refractivity contribution in [3.63, 3.8) is 0 Å². The molecule has 0 radical (unpaired) electrons. The van der Waals surface area contributed by atoms with Gasteiger partial charge in [-0.1, -0.05) is 5.16 Å². The number of ether oxygens (including phenoxy) is 1. The van der Waals surface area contributed by atoms with Crippen molar-refractivity contribution >= 4 is 51.7 Å². The van der Waals surface area contributed by atoms with Crippen LogP contribution in [0.1, 0.15) is 5.69 Å². The van der Waals surface area contributed by atoms with E-state index in [2.05, 4.69) is 15.5 Å². The molecule has 6 N–H and O–H groups in total. The molecule has 2 aliphatic rings. The van der Waals surface area contributed by atoms with Crippen LogP contribution in [0.15, 0.2) is 21.8 Å². The molecule has 1 saturated heterocycles. The molecule has 1 aromatic heterocycles. The highest BCUT2D eigenvalue weighted by Gasteiger charge is 2.54. The van der Waals surface area contributed by atoms with Gasteiger partial charge in [0.1, 0.15) is 29.9 Å². The van der Waals surface area contributed by atoms with Gasteiger partial charge in [0, 0.05) is 18.2 Å². The zero-order valence-corrected chi connectivity index (χ0v) is 17.0. The number of hydrogen-bond acceptors (Lipinski definition) is 10. The summed E-state index contributed by atoms with van der Waals surface area (Å²) in [5.74, 6) is -2.03. The first-order valence-corrected chi connectivity index (χ1v) is 9.84. The number of carbonyl (C=O) groups excluding carboxylic acids is 2. The summed E-state index contributed by atoms with van der Waals surface area (Å²) in [5, 5.41) is 17.0. The van der Waals surface area contributed by atoms with Crippen molar-refractivity contribution in [2.45, 2.75) is 11.4 Å². The first-order valence-electron chi connectivity index (χ1n) is 7.91. The van der Waals surface area contributed by atoms with E-state index in [1.807, 2.05) is 0 Å². The second-order valence-electron chi connectivity index (χ2n) is 5.74. The minimum Gasteiger partial charge on any atom is -0.477 e. The lowest BCUT2D eigenvalue weighted by atomic mass is 10.0. The van der Waals surface area contributed by atoms with Crippen LogP contribution in [-0.4, -0.2) is 82.0 Å². The Kier molecular flexibility index (Phi) is 7.18. The summed E-state index contributed by atoms with van der Waals surface area (Å²) >= 11 is 2.47. The van der Waals surface area contributed by atoms with Crippen LogP contribution in [-0.2, 0) is 24.0 Å². The number of carboxylic acid groups (broad SMARTS) is 1. The van der Waals surface area contributed by atoms with E-state index < -0.39 is 29.2 Å². The standard InChI is InChI=1S/C15H17N5O6S2.H2O/c1-25-3-6-4-27-13-9(12(22)20(13)10(6)14(23)24)18-11(21)8(19-26-2)7-5-28-15(16)17-7;/h5,9,13H,3-4H2,1-2H3,(H2,16,17)(H,18,21)(H,23,24);1H2/b19-8-;/t9-,13-;/m1./s1. The van der Waals surface area contributed by atoms with E-state index in [1.54, 1.807) is 5.38 Å². The van der Waals surface area contributed by atoms with Crippen molar-refractivity contribution in [3.8, 4) is 0 Å². The molecule has 29 heavy (non-hydrogen) atoms. The summed E-state index contributed by atoms with van der Waals surface area (Å²) in [4.78, 5) is 46.7. The number of hydrogen-bond donors (Lipinski definition) is 3. The molecule has 0 aromatic carbocycles. The van der Waals surface area contributed by atoms with E-state index >= 15 is 0 Å². The molecular formula is C15H19N5O7S2. The summed E-state index contributed by atoms with van der Waals surface area (Å²) in [6, 6.07) is -0.894. The zero-order valence-electron chi connectivity index (χ0n) is 15.4. The number of nitrogen functional groups attached to an aromatic ring is 1. The highest BCUT2D eigenvalue weighted by Crippen LogP contribution is 2.40. The number of aliphatic carboxylic acids is 1. The zero-order chi connectivity index (χ0) is 20.4. The molecule has 0 bridgehead atoms. The summed E-state index contributed by atoms with van der Waals surface area (Å²) in [5.41, 5.74) is 6.09. The Morgan fingerprint density at radius 3 is 2.76 bits per heavy atom. The smallest absolute Gasteiger partial charge is 0.352 e. The van der Waals surface area contributed by atoms with Gasteiger partial charge in [-0.15, -0.1) is 23.1 Å². The third-order valence-corrected chi connectivity index (χ3v) is 6.03. The maximum atomic E-state index is 12.6. The molecule has 14 heteroatoms. The average molecular weight is 445 g/mol. The second kappa shape index (κ2) is 9.21. The maximum absolute atomic E-state index is 12.6. The molecular weight excluding hydrogens is 426 g/mol. The largest absolute Gasteiger partial charge is 0.477 e. The van der Waals surface area contributed by atoms with E-state index in [1.165, 1.54) is 30.9 Å². The Morgan fingerprint density at radius 1 is 1.48 bits per heavy atom. The van der Waals surface area contributed by atoms with E-state index in [4.69, 9.17) is 15.3 Å². The SMILES string of the molecule is COCC1=C(C(=O)O)N2C(=O)[C@@H](NC(=O)/C(=N\OC)c3csc(N)n3)[C@H]2SC1.O. The first kappa shape index (κ1) is 22.6. The van der Waals surface area contributed by atoms with Gasteiger partial charge < -0.3 is 31.2 Å². The molecule has 2 aliphatic heterocycles. The lowest BCUT2D eigenvalue weighted by Crippen LogP contribution is -2.71. The number of aromatic nitrogens is 1. The van der Waals surface area contributed by atoms with Crippen LogP contribution in [0.5, 0.6) is 0 Å². The predicted octanol–water partition coefficient (Wildman–Crippen LogP) is -1.36. The van der Waals surface area contributed by atoms with Crippen molar-refractivity contribution in [3.05, 3.63) is 22.3 Å². The molecule has 1 fully saturated rings. The number of fused-ring (bicyclic) bond motifs is 1. The van der Waals surface area contributed by atoms with E-state index in [-0.39, 0.29) is 34.3 Å². The molecule has 12 nitrogen and oxygen atoms in total. The van der Waals surface area contributed by atoms with Crippen LogP contribution in [0, 0.1) is 0 Å². The average Bonchev–Trinajstić information content (AvgIpc) is 3.09. The number of nitrogens with zero attached hydrogens (tertiary/aromatic N) is 3. The fourth-order valence-corrected chi connectivity index (χ4v) is 4.75. The van der Waals surface area contributed by atoms with Crippen LogP contribution in [0.2, 0.25) is 0 Å². The number of thiazole rings is 1. The number of amides is 2. The number of rotatable bonds is 7. The molecule has 158 valence electrons. The van der Waals surface area contributed by atoms with E-state index in [9.17, 15) is 19.5 Å². The third kappa shape index (κ3) is 4.19. The second-order valence-corrected chi connectivity index (χ2v) is 7.74. The van der Waals surface area contributed by atoms with E-state index in [0.717, 1.165) is 11.3 Å². The molecule has 0 aliphatic carbocycles. The molecule has 3 rings (SSSR count). The van der Waals surface area contributed by atoms with Crippen LogP contribution in [0.3, 0.4) is 0 Å². The Labute approximate surface area is 173 Å². The molecule has 2 atom stereocenters. The minimum atomic E-state index is -1.21. The quantitative estimate of drug-likeness (QED) is 0.258. The molecule has 0 spiro atoms. The number of methoxy groups -OCH3 is 1.